The first-order chi connectivity index (χ1) is 11.7. The molecule has 1 heterocycles. The quantitative estimate of drug-likeness (QED) is 0.550. The van der Waals surface area contributed by atoms with Crippen LogP contribution >= 0.6 is 11.8 Å². The summed E-state index contributed by atoms with van der Waals surface area (Å²) in [6.45, 7) is -0.372. The van der Waals surface area contributed by atoms with Crippen molar-refractivity contribution in [2.45, 2.75) is 4.90 Å². The van der Waals surface area contributed by atoms with Crippen LogP contribution in [0.5, 0.6) is 0 Å². The van der Waals surface area contributed by atoms with Crippen molar-refractivity contribution < 1.29 is 14.3 Å². The van der Waals surface area contributed by atoms with Gasteiger partial charge in [-0.3, -0.25) is 9.89 Å². The summed E-state index contributed by atoms with van der Waals surface area (Å²) in [4.78, 5) is 25.0. The molecule has 0 aliphatic carbocycles. The molecule has 2 aromatic carbocycles. The number of hydrogen-bond acceptors (Lipinski definition) is 5. The van der Waals surface area contributed by atoms with E-state index < -0.39 is 11.9 Å². The molecule has 122 valence electrons. The second kappa shape index (κ2) is 7.18. The first kappa shape index (κ1) is 16.1. The standard InChI is InChI=1S/C17H15N3O3S/c1-24-14-9-5-4-8-13(14)18-15(21)10-23-17(22)16-11-6-2-3-7-12(11)19-20-16/h2-9H,10H2,1H3,(H,18,21)(H,19,20). The second-order valence-corrected chi connectivity index (χ2v) is 5.79. The van der Waals surface area contributed by atoms with Crippen molar-refractivity contribution in [2.24, 2.45) is 0 Å². The van der Waals surface area contributed by atoms with E-state index in [1.54, 1.807) is 18.2 Å². The first-order valence-electron chi connectivity index (χ1n) is 7.22. The lowest BCUT2D eigenvalue weighted by Gasteiger charge is -2.09. The summed E-state index contributed by atoms with van der Waals surface area (Å²) < 4.78 is 5.06. The van der Waals surface area contributed by atoms with Crippen LogP contribution in [-0.4, -0.2) is 34.9 Å². The van der Waals surface area contributed by atoms with E-state index in [0.717, 1.165) is 10.4 Å². The molecule has 7 heteroatoms. The molecule has 0 fully saturated rings. The Balaban J connectivity index is 1.63. The molecule has 0 bridgehead atoms. The van der Waals surface area contributed by atoms with Crippen molar-refractivity contribution >= 4 is 40.2 Å². The Kier molecular flexibility index (Phi) is 4.81. The smallest absolute Gasteiger partial charge is 0.359 e. The number of H-pyrrole nitrogens is 1. The molecule has 0 saturated carbocycles. The molecule has 1 aromatic heterocycles. The molecular formula is C17H15N3O3S. The molecule has 3 rings (SSSR count). The summed E-state index contributed by atoms with van der Waals surface area (Å²) in [5.74, 6) is -1.04. The van der Waals surface area contributed by atoms with Gasteiger partial charge in [0.2, 0.25) is 0 Å². The summed E-state index contributed by atoms with van der Waals surface area (Å²) in [6, 6.07) is 14.7. The molecule has 1 amide bonds. The molecule has 6 nitrogen and oxygen atoms in total. The number of esters is 1. The molecule has 0 unspecified atom stereocenters. The molecule has 0 spiro atoms. The third-order valence-corrected chi connectivity index (χ3v) is 4.17. The molecule has 0 saturated heterocycles. The Hall–Kier alpha value is -2.80. The highest BCUT2D eigenvalue weighted by molar-refractivity contribution is 7.98. The third-order valence-electron chi connectivity index (χ3n) is 3.38. The largest absolute Gasteiger partial charge is 0.451 e. The van der Waals surface area contributed by atoms with Gasteiger partial charge in [0.15, 0.2) is 12.3 Å². The van der Waals surface area contributed by atoms with Gasteiger partial charge < -0.3 is 10.1 Å². The zero-order valence-electron chi connectivity index (χ0n) is 12.9. The summed E-state index contributed by atoms with van der Waals surface area (Å²) in [7, 11) is 0. The van der Waals surface area contributed by atoms with Crippen molar-refractivity contribution in [3.63, 3.8) is 0 Å². The van der Waals surface area contributed by atoms with Gasteiger partial charge in [-0.25, -0.2) is 4.79 Å². The molecule has 2 N–H and O–H groups in total. The number of anilines is 1. The fourth-order valence-electron chi connectivity index (χ4n) is 2.25. The average molecular weight is 341 g/mol. The number of nitrogens with one attached hydrogen (secondary N) is 2. The van der Waals surface area contributed by atoms with E-state index in [-0.39, 0.29) is 12.3 Å². The van der Waals surface area contributed by atoms with Gasteiger partial charge >= 0.3 is 5.97 Å². The average Bonchev–Trinajstić information content (AvgIpc) is 3.04. The second-order valence-electron chi connectivity index (χ2n) is 4.94. The Labute approximate surface area is 142 Å². The number of carbonyl (C=O) groups excluding carboxylic acids is 2. The lowest BCUT2D eigenvalue weighted by Crippen LogP contribution is -2.21. The highest BCUT2D eigenvalue weighted by atomic mass is 32.2. The summed E-state index contributed by atoms with van der Waals surface area (Å²) in [6.07, 6.45) is 1.92. The number of amides is 1. The van der Waals surface area contributed by atoms with Gasteiger partial charge in [0.25, 0.3) is 5.91 Å². The van der Waals surface area contributed by atoms with Crippen molar-refractivity contribution in [3.8, 4) is 0 Å². The number of rotatable bonds is 5. The maximum Gasteiger partial charge on any atom is 0.359 e. The lowest BCUT2D eigenvalue weighted by molar-refractivity contribution is -0.119. The Morgan fingerprint density at radius 3 is 2.75 bits per heavy atom. The fourth-order valence-corrected chi connectivity index (χ4v) is 2.81. The molecule has 3 aromatic rings. The van der Waals surface area contributed by atoms with Gasteiger partial charge in [0, 0.05) is 10.3 Å². The number of fused-ring (bicyclic) bond motifs is 1. The van der Waals surface area contributed by atoms with E-state index in [1.807, 2.05) is 36.6 Å². The number of benzene rings is 2. The SMILES string of the molecule is CSc1ccccc1NC(=O)COC(=O)c1n[nH]c2ccccc12. The molecule has 0 radical (unpaired) electrons. The molecule has 24 heavy (non-hydrogen) atoms. The zero-order chi connectivity index (χ0) is 16.9. The monoisotopic (exact) mass is 341 g/mol. The predicted octanol–water partition coefficient (Wildman–Crippen LogP) is 3.08. The van der Waals surface area contributed by atoms with Gasteiger partial charge in [0.1, 0.15) is 0 Å². The normalized spacial score (nSPS) is 10.5. The van der Waals surface area contributed by atoms with Gasteiger partial charge in [0.05, 0.1) is 11.2 Å². The Morgan fingerprint density at radius 1 is 1.17 bits per heavy atom. The minimum Gasteiger partial charge on any atom is -0.451 e. The highest BCUT2D eigenvalue weighted by Crippen LogP contribution is 2.24. The minimum atomic E-state index is -0.638. The predicted molar refractivity (Wildman–Crippen MR) is 93.2 cm³/mol. The van der Waals surface area contributed by atoms with Crippen molar-refractivity contribution in [2.75, 3.05) is 18.2 Å². The maximum atomic E-state index is 12.1. The van der Waals surface area contributed by atoms with Crippen LogP contribution in [0.4, 0.5) is 5.69 Å². The third kappa shape index (κ3) is 3.41. The van der Waals surface area contributed by atoms with E-state index >= 15 is 0 Å². The number of para-hydroxylation sites is 2. The summed E-state index contributed by atoms with van der Waals surface area (Å²) in [5.41, 5.74) is 1.60. The van der Waals surface area contributed by atoms with E-state index in [0.29, 0.717) is 11.1 Å². The number of aromatic amines is 1. The van der Waals surface area contributed by atoms with Crippen LogP contribution in [0.2, 0.25) is 0 Å². The highest BCUT2D eigenvalue weighted by Gasteiger charge is 2.17. The van der Waals surface area contributed by atoms with E-state index in [4.69, 9.17) is 4.74 Å². The molecule has 0 atom stereocenters. The topological polar surface area (TPSA) is 84.1 Å². The van der Waals surface area contributed by atoms with Crippen molar-refractivity contribution in [1.82, 2.24) is 10.2 Å². The van der Waals surface area contributed by atoms with Crippen LogP contribution in [-0.2, 0) is 9.53 Å². The Bertz CT molecular complexity index is 891. The van der Waals surface area contributed by atoms with Crippen LogP contribution in [0.15, 0.2) is 53.4 Å². The van der Waals surface area contributed by atoms with Crippen molar-refractivity contribution in [3.05, 3.63) is 54.2 Å². The minimum absolute atomic E-state index is 0.169. The van der Waals surface area contributed by atoms with Gasteiger partial charge in [-0.2, -0.15) is 5.10 Å². The molecular weight excluding hydrogens is 326 g/mol. The number of carbonyl (C=O) groups is 2. The van der Waals surface area contributed by atoms with Crippen molar-refractivity contribution in [1.29, 1.82) is 0 Å². The molecule has 0 aliphatic rings. The van der Waals surface area contributed by atoms with Gasteiger partial charge in [-0.1, -0.05) is 30.3 Å². The maximum absolute atomic E-state index is 12.1. The zero-order valence-corrected chi connectivity index (χ0v) is 13.7. The fraction of sp³-hybridized carbons (Fsp3) is 0.118. The van der Waals surface area contributed by atoms with Crippen LogP contribution in [0, 0.1) is 0 Å². The number of hydrogen-bond donors (Lipinski definition) is 2. The van der Waals surface area contributed by atoms with Crippen LogP contribution in [0.1, 0.15) is 10.5 Å². The van der Waals surface area contributed by atoms with E-state index in [9.17, 15) is 9.59 Å². The van der Waals surface area contributed by atoms with Crippen LogP contribution in [0.3, 0.4) is 0 Å². The summed E-state index contributed by atoms with van der Waals surface area (Å²) in [5, 5.41) is 10.1. The first-order valence-corrected chi connectivity index (χ1v) is 8.44. The summed E-state index contributed by atoms with van der Waals surface area (Å²) >= 11 is 1.52. The number of aromatic nitrogens is 2. The number of nitrogens with zero attached hydrogens (tertiary/aromatic N) is 1. The van der Waals surface area contributed by atoms with Crippen LogP contribution in [0.25, 0.3) is 10.9 Å². The number of ether oxygens (including phenoxy) is 1. The van der Waals surface area contributed by atoms with Gasteiger partial charge in [-0.15, -0.1) is 11.8 Å². The molecule has 0 aliphatic heterocycles. The van der Waals surface area contributed by atoms with E-state index in [1.165, 1.54) is 11.8 Å². The Morgan fingerprint density at radius 2 is 1.92 bits per heavy atom. The lowest BCUT2D eigenvalue weighted by atomic mass is 10.2. The van der Waals surface area contributed by atoms with Gasteiger partial charge in [-0.05, 0) is 24.5 Å². The number of thioether (sulfide) groups is 1. The van der Waals surface area contributed by atoms with Crippen LogP contribution < -0.4 is 5.32 Å². The van der Waals surface area contributed by atoms with E-state index in [2.05, 4.69) is 15.5 Å².